The van der Waals surface area contributed by atoms with Gasteiger partial charge in [0.1, 0.15) is 5.75 Å². The highest BCUT2D eigenvalue weighted by Gasteiger charge is 2.18. The second kappa shape index (κ2) is 10.9. The highest BCUT2D eigenvalue weighted by atomic mass is 16.5. The number of carbonyl (C=O) groups excluding carboxylic acids is 1. The quantitative estimate of drug-likeness (QED) is 0.623. The van der Waals surface area contributed by atoms with Crippen molar-refractivity contribution in [2.75, 3.05) is 31.7 Å². The van der Waals surface area contributed by atoms with Crippen LogP contribution in [-0.2, 0) is 13.0 Å². The third kappa shape index (κ3) is 6.39. The number of hydrogen-bond donors (Lipinski definition) is 3. The summed E-state index contributed by atoms with van der Waals surface area (Å²) in [6.45, 7) is 4.74. The van der Waals surface area contributed by atoms with Crippen LogP contribution in [0.15, 0.2) is 48.5 Å². The van der Waals surface area contributed by atoms with E-state index in [2.05, 4.69) is 39.8 Å². The Bertz CT molecular complexity index is 802. The van der Waals surface area contributed by atoms with Crippen molar-refractivity contribution in [3.05, 3.63) is 59.7 Å². The average Bonchev–Trinajstić information content (AvgIpc) is 2.78. The van der Waals surface area contributed by atoms with Gasteiger partial charge < -0.3 is 25.4 Å². The zero-order valence-corrected chi connectivity index (χ0v) is 17.9. The van der Waals surface area contributed by atoms with Crippen molar-refractivity contribution in [3.8, 4) is 5.75 Å². The molecule has 0 spiro atoms. The summed E-state index contributed by atoms with van der Waals surface area (Å²) in [4.78, 5) is 14.6. The van der Waals surface area contributed by atoms with Crippen molar-refractivity contribution in [2.45, 2.75) is 38.8 Å². The molecule has 1 unspecified atom stereocenters. The molecule has 2 aromatic rings. The Morgan fingerprint density at radius 1 is 1.17 bits per heavy atom. The number of nitrogens with zero attached hydrogens (tertiary/aromatic N) is 1. The number of hydrogen-bond acceptors (Lipinski definition) is 4. The lowest BCUT2D eigenvalue weighted by molar-refractivity contribution is 0.203. The van der Waals surface area contributed by atoms with Crippen LogP contribution < -0.4 is 20.3 Å². The highest BCUT2D eigenvalue weighted by molar-refractivity contribution is 5.74. The van der Waals surface area contributed by atoms with Crippen LogP contribution in [-0.4, -0.2) is 44.0 Å². The molecule has 30 heavy (non-hydrogen) atoms. The molecule has 0 aromatic heterocycles. The summed E-state index contributed by atoms with van der Waals surface area (Å²) < 4.78 is 5.25. The lowest BCUT2D eigenvalue weighted by Gasteiger charge is -2.33. The fraction of sp³-hybridized carbons (Fsp3) is 0.458. The second-order valence-corrected chi connectivity index (χ2v) is 8.06. The van der Waals surface area contributed by atoms with E-state index in [4.69, 9.17) is 4.74 Å². The molecule has 1 saturated heterocycles. The maximum atomic E-state index is 12.2. The van der Waals surface area contributed by atoms with Crippen molar-refractivity contribution in [1.29, 1.82) is 0 Å². The number of methoxy groups -OCH3 is 1. The molecule has 6 nitrogen and oxygen atoms in total. The van der Waals surface area contributed by atoms with Gasteiger partial charge in [0.25, 0.3) is 0 Å². The number of nitrogens with one attached hydrogen (secondary N) is 2. The molecule has 3 N–H and O–H groups in total. The Morgan fingerprint density at radius 2 is 1.90 bits per heavy atom. The molecule has 162 valence electrons. The van der Waals surface area contributed by atoms with Gasteiger partial charge in [0.05, 0.1) is 7.11 Å². The van der Waals surface area contributed by atoms with Crippen LogP contribution in [0.1, 0.15) is 30.9 Å². The number of carbonyl (C=O) groups is 1. The van der Waals surface area contributed by atoms with E-state index in [1.54, 1.807) is 7.11 Å². The first-order valence-electron chi connectivity index (χ1n) is 10.7. The van der Waals surface area contributed by atoms with E-state index >= 15 is 0 Å². The molecule has 0 radical (unpaired) electrons. The van der Waals surface area contributed by atoms with E-state index in [1.807, 2.05) is 31.2 Å². The van der Waals surface area contributed by atoms with Crippen LogP contribution >= 0.6 is 0 Å². The third-order valence-electron chi connectivity index (χ3n) is 5.68. The Kier molecular flexibility index (Phi) is 7.97. The fourth-order valence-corrected chi connectivity index (χ4v) is 3.86. The molecule has 1 aliphatic heterocycles. The Hall–Kier alpha value is -2.73. The van der Waals surface area contributed by atoms with Crippen molar-refractivity contribution in [1.82, 2.24) is 10.6 Å². The van der Waals surface area contributed by atoms with Gasteiger partial charge in [0.2, 0.25) is 0 Å². The van der Waals surface area contributed by atoms with Gasteiger partial charge in [0, 0.05) is 38.0 Å². The largest absolute Gasteiger partial charge is 0.497 e. The van der Waals surface area contributed by atoms with Crippen molar-refractivity contribution in [3.63, 3.8) is 0 Å². The lowest BCUT2D eigenvalue weighted by atomic mass is 9.97. The first-order chi connectivity index (χ1) is 14.6. The minimum atomic E-state index is -0.166. The van der Waals surface area contributed by atoms with Gasteiger partial charge in [0.15, 0.2) is 0 Å². The Labute approximate surface area is 179 Å². The van der Waals surface area contributed by atoms with E-state index < -0.39 is 0 Å². The molecule has 0 saturated carbocycles. The Balaban J connectivity index is 1.42. The van der Waals surface area contributed by atoms with Crippen LogP contribution in [0, 0.1) is 5.92 Å². The van der Waals surface area contributed by atoms with Crippen LogP contribution in [0.2, 0.25) is 0 Å². The lowest BCUT2D eigenvalue weighted by Crippen LogP contribution is -2.41. The number of anilines is 1. The number of aliphatic hydroxyl groups excluding tert-OH is 1. The summed E-state index contributed by atoms with van der Waals surface area (Å²) >= 11 is 0. The highest BCUT2D eigenvalue weighted by Crippen LogP contribution is 2.23. The Morgan fingerprint density at radius 3 is 2.57 bits per heavy atom. The fourth-order valence-electron chi connectivity index (χ4n) is 3.86. The number of benzene rings is 2. The van der Waals surface area contributed by atoms with Gasteiger partial charge >= 0.3 is 6.03 Å². The smallest absolute Gasteiger partial charge is 0.315 e. The van der Waals surface area contributed by atoms with E-state index in [0.717, 1.165) is 49.2 Å². The molecule has 0 bridgehead atoms. The van der Waals surface area contributed by atoms with Crippen LogP contribution in [0.3, 0.4) is 0 Å². The first-order valence-corrected chi connectivity index (χ1v) is 10.7. The molecule has 2 amide bonds. The molecule has 1 aliphatic rings. The van der Waals surface area contributed by atoms with Crippen molar-refractivity contribution < 1.29 is 14.6 Å². The van der Waals surface area contributed by atoms with Crippen molar-refractivity contribution >= 4 is 11.7 Å². The number of ether oxygens (including phenoxy) is 1. The molecule has 1 atom stereocenters. The van der Waals surface area contributed by atoms with Crippen LogP contribution in [0.25, 0.3) is 0 Å². The molecule has 1 fully saturated rings. The zero-order chi connectivity index (χ0) is 21.3. The number of amides is 2. The van der Waals surface area contributed by atoms with Gasteiger partial charge in [-0.2, -0.15) is 0 Å². The molecule has 2 aromatic carbocycles. The van der Waals surface area contributed by atoms with E-state index in [-0.39, 0.29) is 12.1 Å². The molecule has 3 rings (SSSR count). The van der Waals surface area contributed by atoms with Crippen LogP contribution in [0.4, 0.5) is 10.5 Å². The standard InChI is InChI=1S/C24H33N3O3/c1-18(14-21-4-3-5-23(15-21)30-2)26-24(29)25-16-19-6-8-22(9-7-19)27-12-10-20(17-28)11-13-27/h3-9,15,18,20,28H,10-14,16-17H2,1-2H3,(H2,25,26,29). The minimum absolute atomic E-state index is 0.0151. The number of piperidine rings is 1. The molecule has 1 heterocycles. The monoisotopic (exact) mass is 411 g/mol. The number of rotatable bonds is 8. The van der Waals surface area contributed by atoms with Gasteiger partial charge in [-0.25, -0.2) is 4.79 Å². The summed E-state index contributed by atoms with van der Waals surface area (Å²) in [6.07, 6.45) is 2.81. The summed E-state index contributed by atoms with van der Waals surface area (Å²) in [6, 6.07) is 16.1. The molecular weight excluding hydrogens is 378 g/mol. The summed E-state index contributed by atoms with van der Waals surface area (Å²) in [5.74, 6) is 1.26. The number of aliphatic hydroxyl groups is 1. The predicted octanol–water partition coefficient (Wildman–Crippen LogP) is 3.33. The summed E-state index contributed by atoms with van der Waals surface area (Å²) in [5, 5.41) is 15.2. The van der Waals surface area contributed by atoms with Gasteiger partial charge in [-0.3, -0.25) is 0 Å². The normalized spacial score (nSPS) is 15.5. The molecular formula is C24H33N3O3. The summed E-state index contributed by atoms with van der Waals surface area (Å²) in [5.41, 5.74) is 3.40. The van der Waals surface area contributed by atoms with E-state index in [1.165, 1.54) is 5.69 Å². The van der Waals surface area contributed by atoms with Gasteiger partial charge in [-0.15, -0.1) is 0 Å². The minimum Gasteiger partial charge on any atom is -0.497 e. The van der Waals surface area contributed by atoms with Gasteiger partial charge in [-0.1, -0.05) is 24.3 Å². The SMILES string of the molecule is COc1cccc(CC(C)NC(=O)NCc2ccc(N3CCC(CO)CC3)cc2)c1. The van der Waals surface area contributed by atoms with E-state index in [9.17, 15) is 9.90 Å². The molecule has 0 aliphatic carbocycles. The second-order valence-electron chi connectivity index (χ2n) is 8.06. The maximum Gasteiger partial charge on any atom is 0.315 e. The first kappa shape index (κ1) is 22.0. The summed E-state index contributed by atoms with van der Waals surface area (Å²) in [7, 11) is 1.65. The van der Waals surface area contributed by atoms with Crippen molar-refractivity contribution in [2.24, 2.45) is 5.92 Å². The van der Waals surface area contributed by atoms with Crippen LogP contribution in [0.5, 0.6) is 5.75 Å². The number of urea groups is 1. The average molecular weight is 412 g/mol. The van der Waals surface area contributed by atoms with Gasteiger partial charge in [-0.05, 0) is 67.5 Å². The maximum absolute atomic E-state index is 12.2. The molecule has 6 heteroatoms. The predicted molar refractivity (Wildman–Crippen MR) is 120 cm³/mol. The zero-order valence-electron chi connectivity index (χ0n) is 17.9. The van der Waals surface area contributed by atoms with E-state index in [0.29, 0.717) is 19.1 Å². The topological polar surface area (TPSA) is 73.8 Å². The third-order valence-corrected chi connectivity index (χ3v) is 5.68.